The largest absolute Gasteiger partial charge is 0.352 e. The summed E-state index contributed by atoms with van der Waals surface area (Å²) in [6, 6.07) is 16.5. The number of nitrogens with one attached hydrogen (secondary N) is 1. The number of para-hydroxylation sites is 2. The molecular weight excluding hydrogens is 298 g/mol. The van der Waals surface area contributed by atoms with Gasteiger partial charge in [-0.25, -0.2) is 4.98 Å². The van der Waals surface area contributed by atoms with E-state index in [-0.39, 0.29) is 5.91 Å². The molecule has 0 saturated heterocycles. The molecule has 4 heteroatoms. The van der Waals surface area contributed by atoms with E-state index < -0.39 is 0 Å². The molecule has 1 heterocycles. The van der Waals surface area contributed by atoms with Crippen LogP contribution in [-0.4, -0.2) is 15.5 Å². The maximum atomic E-state index is 11.7. The first-order valence-corrected chi connectivity index (χ1v) is 8.50. The van der Waals surface area contributed by atoms with Gasteiger partial charge in [-0.2, -0.15) is 0 Å². The van der Waals surface area contributed by atoms with Gasteiger partial charge in [0.25, 0.3) is 0 Å². The van der Waals surface area contributed by atoms with Crippen LogP contribution in [0.4, 0.5) is 0 Å². The van der Waals surface area contributed by atoms with Crippen molar-refractivity contribution in [3.8, 4) is 0 Å². The number of hydrogen-bond acceptors (Lipinski definition) is 2. The summed E-state index contributed by atoms with van der Waals surface area (Å²) >= 11 is 0. The monoisotopic (exact) mass is 321 g/mol. The zero-order valence-corrected chi connectivity index (χ0v) is 14.0. The van der Waals surface area contributed by atoms with Crippen LogP contribution in [0.5, 0.6) is 0 Å². The SMILES string of the molecule is CCCCC(=O)NCc1cccc(Cn2cnc3ccccc32)c1. The molecule has 0 fully saturated rings. The Morgan fingerprint density at radius 1 is 1.12 bits per heavy atom. The molecule has 2 aromatic carbocycles. The van der Waals surface area contributed by atoms with Crippen LogP contribution >= 0.6 is 0 Å². The van der Waals surface area contributed by atoms with Crippen molar-refractivity contribution in [2.24, 2.45) is 0 Å². The van der Waals surface area contributed by atoms with Crippen molar-refractivity contribution in [3.05, 3.63) is 66.0 Å². The molecule has 0 unspecified atom stereocenters. The molecule has 1 amide bonds. The number of carbonyl (C=O) groups excluding carboxylic acids is 1. The minimum Gasteiger partial charge on any atom is -0.352 e. The molecular formula is C20H23N3O. The Hall–Kier alpha value is -2.62. The zero-order valence-electron chi connectivity index (χ0n) is 14.0. The maximum Gasteiger partial charge on any atom is 0.220 e. The fourth-order valence-electron chi connectivity index (χ4n) is 2.80. The van der Waals surface area contributed by atoms with Gasteiger partial charge in [0.1, 0.15) is 0 Å². The predicted molar refractivity (Wildman–Crippen MR) is 96.6 cm³/mol. The highest BCUT2D eigenvalue weighted by Gasteiger charge is 2.04. The lowest BCUT2D eigenvalue weighted by Crippen LogP contribution is -2.22. The van der Waals surface area contributed by atoms with Gasteiger partial charge in [-0.15, -0.1) is 0 Å². The van der Waals surface area contributed by atoms with Crippen LogP contribution in [0.15, 0.2) is 54.9 Å². The van der Waals surface area contributed by atoms with Crippen molar-refractivity contribution in [2.45, 2.75) is 39.3 Å². The second kappa shape index (κ2) is 7.77. The van der Waals surface area contributed by atoms with Crippen molar-refractivity contribution >= 4 is 16.9 Å². The average molecular weight is 321 g/mol. The normalized spacial score (nSPS) is 10.9. The second-order valence-corrected chi connectivity index (χ2v) is 6.06. The highest BCUT2D eigenvalue weighted by atomic mass is 16.1. The highest BCUT2D eigenvalue weighted by Crippen LogP contribution is 2.15. The molecule has 0 aliphatic rings. The lowest BCUT2D eigenvalue weighted by Gasteiger charge is -2.08. The van der Waals surface area contributed by atoms with Crippen molar-refractivity contribution in [1.82, 2.24) is 14.9 Å². The first kappa shape index (κ1) is 16.2. The van der Waals surface area contributed by atoms with E-state index in [4.69, 9.17) is 0 Å². The molecule has 0 aliphatic carbocycles. The number of unbranched alkanes of at least 4 members (excludes halogenated alkanes) is 1. The molecule has 24 heavy (non-hydrogen) atoms. The third-order valence-electron chi connectivity index (χ3n) is 4.12. The van der Waals surface area contributed by atoms with Crippen LogP contribution < -0.4 is 5.32 Å². The van der Waals surface area contributed by atoms with Crippen molar-refractivity contribution in [3.63, 3.8) is 0 Å². The van der Waals surface area contributed by atoms with Gasteiger partial charge in [-0.3, -0.25) is 4.79 Å². The van der Waals surface area contributed by atoms with Crippen LogP contribution in [0.2, 0.25) is 0 Å². The van der Waals surface area contributed by atoms with Crippen LogP contribution in [0.1, 0.15) is 37.3 Å². The summed E-state index contributed by atoms with van der Waals surface area (Å²) in [5.74, 6) is 0.128. The van der Waals surface area contributed by atoms with Gasteiger partial charge in [-0.05, 0) is 29.7 Å². The van der Waals surface area contributed by atoms with Gasteiger partial charge < -0.3 is 9.88 Å². The molecule has 4 nitrogen and oxygen atoms in total. The summed E-state index contributed by atoms with van der Waals surface area (Å²) < 4.78 is 2.15. The Morgan fingerprint density at radius 2 is 1.96 bits per heavy atom. The van der Waals surface area contributed by atoms with E-state index >= 15 is 0 Å². The molecule has 0 saturated carbocycles. The number of nitrogens with zero attached hydrogens (tertiary/aromatic N) is 2. The van der Waals surface area contributed by atoms with E-state index in [2.05, 4.69) is 46.1 Å². The fourth-order valence-corrected chi connectivity index (χ4v) is 2.80. The van der Waals surface area contributed by atoms with E-state index in [0.29, 0.717) is 13.0 Å². The van der Waals surface area contributed by atoms with E-state index in [0.717, 1.165) is 36.0 Å². The summed E-state index contributed by atoms with van der Waals surface area (Å²) in [6.07, 6.45) is 4.47. The Kier molecular flexibility index (Phi) is 5.26. The second-order valence-electron chi connectivity index (χ2n) is 6.06. The average Bonchev–Trinajstić information content (AvgIpc) is 3.02. The number of hydrogen-bond donors (Lipinski definition) is 1. The smallest absolute Gasteiger partial charge is 0.220 e. The summed E-state index contributed by atoms with van der Waals surface area (Å²) in [7, 11) is 0. The van der Waals surface area contributed by atoms with Crippen LogP contribution in [0.3, 0.4) is 0 Å². The molecule has 1 N–H and O–H groups in total. The van der Waals surface area contributed by atoms with Gasteiger partial charge in [0.05, 0.1) is 17.4 Å². The van der Waals surface area contributed by atoms with Gasteiger partial charge in [-0.1, -0.05) is 49.7 Å². The quantitative estimate of drug-likeness (QED) is 0.717. The van der Waals surface area contributed by atoms with Gasteiger partial charge in [0.2, 0.25) is 5.91 Å². The molecule has 124 valence electrons. The molecule has 0 bridgehead atoms. The molecule has 0 radical (unpaired) electrons. The number of amides is 1. The van der Waals surface area contributed by atoms with Gasteiger partial charge >= 0.3 is 0 Å². The molecule has 1 aromatic heterocycles. The number of carbonyl (C=O) groups is 1. The van der Waals surface area contributed by atoms with E-state index in [1.807, 2.05) is 30.6 Å². The standard InChI is InChI=1S/C20H23N3O/c1-2-3-11-20(24)21-13-16-7-6-8-17(12-16)14-23-15-22-18-9-4-5-10-19(18)23/h4-10,12,15H,2-3,11,13-14H2,1H3,(H,21,24). The Morgan fingerprint density at radius 3 is 2.83 bits per heavy atom. The zero-order chi connectivity index (χ0) is 16.8. The van der Waals surface area contributed by atoms with Crippen LogP contribution in [0, 0.1) is 0 Å². The van der Waals surface area contributed by atoms with Crippen LogP contribution in [-0.2, 0) is 17.9 Å². The Balaban J connectivity index is 1.66. The first-order chi connectivity index (χ1) is 11.8. The third-order valence-corrected chi connectivity index (χ3v) is 4.12. The number of benzene rings is 2. The molecule has 0 spiro atoms. The lowest BCUT2D eigenvalue weighted by atomic mass is 10.1. The number of aromatic nitrogens is 2. The van der Waals surface area contributed by atoms with Crippen LogP contribution in [0.25, 0.3) is 11.0 Å². The molecule has 3 aromatic rings. The van der Waals surface area contributed by atoms with Gasteiger partial charge in [0.15, 0.2) is 0 Å². The first-order valence-electron chi connectivity index (χ1n) is 8.50. The van der Waals surface area contributed by atoms with E-state index in [1.165, 1.54) is 5.56 Å². The summed E-state index contributed by atoms with van der Waals surface area (Å²) in [6.45, 7) is 3.45. The van der Waals surface area contributed by atoms with Gasteiger partial charge in [0, 0.05) is 19.5 Å². The predicted octanol–water partition coefficient (Wildman–Crippen LogP) is 3.89. The number of fused-ring (bicyclic) bond motifs is 1. The summed E-state index contributed by atoms with van der Waals surface area (Å²) in [4.78, 5) is 16.2. The van der Waals surface area contributed by atoms with Crippen molar-refractivity contribution < 1.29 is 4.79 Å². The third kappa shape index (κ3) is 4.02. The fraction of sp³-hybridized carbons (Fsp3) is 0.300. The minimum atomic E-state index is 0.128. The summed E-state index contributed by atoms with van der Waals surface area (Å²) in [5.41, 5.74) is 4.48. The highest BCUT2D eigenvalue weighted by molar-refractivity contribution is 5.76. The molecule has 0 atom stereocenters. The maximum absolute atomic E-state index is 11.7. The minimum absolute atomic E-state index is 0.128. The van der Waals surface area contributed by atoms with E-state index in [9.17, 15) is 4.79 Å². The molecule has 3 rings (SSSR count). The topological polar surface area (TPSA) is 46.9 Å². The van der Waals surface area contributed by atoms with Crippen molar-refractivity contribution in [2.75, 3.05) is 0 Å². The van der Waals surface area contributed by atoms with Crippen molar-refractivity contribution in [1.29, 1.82) is 0 Å². The number of imidazole rings is 1. The number of rotatable bonds is 7. The Labute approximate surface area is 142 Å². The van der Waals surface area contributed by atoms with E-state index in [1.54, 1.807) is 0 Å². The summed E-state index contributed by atoms with van der Waals surface area (Å²) in [5, 5.41) is 2.99. The Bertz CT molecular complexity index is 822. The lowest BCUT2D eigenvalue weighted by molar-refractivity contribution is -0.121. The molecule has 0 aliphatic heterocycles.